The van der Waals surface area contributed by atoms with Gasteiger partial charge in [0, 0.05) is 25.2 Å². The van der Waals surface area contributed by atoms with Gasteiger partial charge < -0.3 is 14.1 Å². The number of hydrogen-bond donors (Lipinski definition) is 1. The zero-order valence-corrected chi connectivity index (χ0v) is 17.2. The molecule has 1 saturated heterocycles. The highest BCUT2D eigenvalue weighted by molar-refractivity contribution is 5.76. The first kappa shape index (κ1) is 20.6. The number of H-pyrrole nitrogens is 1. The maximum atomic E-state index is 12.9. The number of carbonyl (C=O) groups is 1. The highest BCUT2D eigenvalue weighted by Gasteiger charge is 2.31. The third-order valence-electron chi connectivity index (χ3n) is 5.39. The summed E-state index contributed by atoms with van der Waals surface area (Å²) >= 11 is 0. The van der Waals surface area contributed by atoms with E-state index >= 15 is 0 Å². The highest BCUT2D eigenvalue weighted by Crippen LogP contribution is 2.31. The predicted octanol–water partition coefficient (Wildman–Crippen LogP) is 1.88. The van der Waals surface area contributed by atoms with Crippen LogP contribution in [0.25, 0.3) is 0 Å². The Morgan fingerprint density at radius 2 is 2.16 bits per heavy atom. The third-order valence-corrected chi connectivity index (χ3v) is 5.39. The number of rotatable bonds is 6. The summed E-state index contributed by atoms with van der Waals surface area (Å²) in [5, 5.41) is 0. The zero-order chi connectivity index (χ0) is 21.8. The first-order valence-electron chi connectivity index (χ1n) is 10.2. The Morgan fingerprint density at radius 3 is 2.97 bits per heavy atom. The fraction of sp³-hybridized carbons (Fsp3) is 0.364. The van der Waals surface area contributed by atoms with Gasteiger partial charge in [0.1, 0.15) is 24.1 Å². The molecule has 162 valence electrons. The Hall–Kier alpha value is -3.62. The number of oxazole rings is 1. The van der Waals surface area contributed by atoms with Crippen LogP contribution in [-0.4, -0.2) is 39.0 Å². The van der Waals surface area contributed by atoms with E-state index in [2.05, 4.69) is 9.97 Å². The number of methoxy groups -OCH3 is 1. The highest BCUT2D eigenvalue weighted by atomic mass is 16.5. The molecule has 0 spiro atoms. The largest absolute Gasteiger partial charge is 0.497 e. The number of amides is 1. The fourth-order valence-corrected chi connectivity index (χ4v) is 3.83. The van der Waals surface area contributed by atoms with E-state index in [0.29, 0.717) is 24.6 Å². The Balaban J connectivity index is 1.50. The number of hydrogen-bond acceptors (Lipinski definition) is 6. The zero-order valence-electron chi connectivity index (χ0n) is 17.2. The number of benzene rings is 1. The lowest BCUT2D eigenvalue weighted by Crippen LogP contribution is -2.42. The van der Waals surface area contributed by atoms with Crippen molar-refractivity contribution in [3.8, 4) is 5.75 Å². The van der Waals surface area contributed by atoms with Crippen LogP contribution in [0.2, 0.25) is 0 Å². The molecule has 1 amide bonds. The normalized spacial score (nSPS) is 16.3. The minimum atomic E-state index is -0.605. The summed E-state index contributed by atoms with van der Waals surface area (Å²) in [6.07, 6.45) is 6.16. The molecule has 0 aliphatic carbocycles. The van der Waals surface area contributed by atoms with Crippen molar-refractivity contribution < 1.29 is 13.9 Å². The smallest absolute Gasteiger partial charge is 0.328 e. The van der Waals surface area contributed by atoms with Crippen molar-refractivity contribution in [3.63, 3.8) is 0 Å². The summed E-state index contributed by atoms with van der Waals surface area (Å²) in [6, 6.07) is 8.68. The lowest BCUT2D eigenvalue weighted by molar-refractivity contribution is -0.136. The molecule has 4 rings (SSSR count). The molecule has 2 aromatic heterocycles. The first-order valence-corrected chi connectivity index (χ1v) is 10.2. The number of piperidine rings is 1. The SMILES string of the molecule is COc1cccc(Cc2cnc([C@H]3CCCCN3C(=O)Cn3ccc(=O)[nH]c3=O)o2)c1. The number of carbonyl (C=O) groups excluding carboxylic acids is 1. The number of likely N-dealkylation sites (tertiary alicyclic amines) is 1. The van der Waals surface area contributed by atoms with Gasteiger partial charge in [-0.25, -0.2) is 9.78 Å². The van der Waals surface area contributed by atoms with E-state index in [1.54, 1.807) is 18.2 Å². The summed E-state index contributed by atoms with van der Waals surface area (Å²) in [4.78, 5) is 44.4. The second-order valence-corrected chi connectivity index (χ2v) is 7.53. The van der Waals surface area contributed by atoms with Gasteiger partial charge in [0.15, 0.2) is 0 Å². The lowest BCUT2D eigenvalue weighted by Gasteiger charge is -2.33. The van der Waals surface area contributed by atoms with Crippen LogP contribution in [0.1, 0.15) is 42.5 Å². The summed E-state index contributed by atoms with van der Waals surface area (Å²) in [6.45, 7) is 0.415. The Kier molecular flexibility index (Phi) is 6.01. The molecule has 0 bridgehead atoms. The number of aromatic nitrogens is 3. The Bertz CT molecular complexity index is 1180. The van der Waals surface area contributed by atoms with Gasteiger partial charge in [0.05, 0.1) is 13.3 Å². The van der Waals surface area contributed by atoms with Crippen LogP contribution in [0.15, 0.2) is 56.7 Å². The number of nitrogens with one attached hydrogen (secondary N) is 1. The van der Waals surface area contributed by atoms with Crippen LogP contribution in [0.4, 0.5) is 0 Å². The quantitative estimate of drug-likeness (QED) is 0.647. The topological polar surface area (TPSA) is 110 Å². The van der Waals surface area contributed by atoms with Gasteiger partial charge in [-0.2, -0.15) is 0 Å². The van der Waals surface area contributed by atoms with Crippen molar-refractivity contribution in [2.24, 2.45) is 0 Å². The van der Waals surface area contributed by atoms with Crippen molar-refractivity contribution in [1.82, 2.24) is 19.4 Å². The molecule has 1 atom stereocenters. The first-order chi connectivity index (χ1) is 15.0. The molecule has 0 saturated carbocycles. The third kappa shape index (κ3) is 4.76. The molecule has 0 unspecified atom stereocenters. The molecule has 1 aromatic carbocycles. The Morgan fingerprint density at radius 1 is 1.29 bits per heavy atom. The van der Waals surface area contributed by atoms with Crippen molar-refractivity contribution in [2.75, 3.05) is 13.7 Å². The maximum Gasteiger partial charge on any atom is 0.328 e. The lowest BCUT2D eigenvalue weighted by atomic mass is 10.0. The van der Waals surface area contributed by atoms with Crippen LogP contribution < -0.4 is 16.0 Å². The van der Waals surface area contributed by atoms with Gasteiger partial charge >= 0.3 is 5.69 Å². The van der Waals surface area contributed by atoms with Crippen molar-refractivity contribution in [3.05, 3.63) is 80.8 Å². The van der Waals surface area contributed by atoms with E-state index in [4.69, 9.17) is 9.15 Å². The summed E-state index contributed by atoms with van der Waals surface area (Å²) < 4.78 is 12.5. The van der Waals surface area contributed by atoms with Gasteiger partial charge in [0.25, 0.3) is 5.56 Å². The van der Waals surface area contributed by atoms with Gasteiger partial charge in [-0.3, -0.25) is 19.1 Å². The number of aromatic amines is 1. The average molecular weight is 424 g/mol. The van der Waals surface area contributed by atoms with Gasteiger partial charge in [-0.05, 0) is 37.0 Å². The van der Waals surface area contributed by atoms with Crippen molar-refractivity contribution in [1.29, 1.82) is 0 Å². The molecule has 9 nitrogen and oxygen atoms in total. The summed E-state index contributed by atoms with van der Waals surface area (Å²) in [5.41, 5.74) is -0.0601. The average Bonchev–Trinajstić information content (AvgIpc) is 3.24. The van der Waals surface area contributed by atoms with Crippen LogP contribution in [0.3, 0.4) is 0 Å². The molecular weight excluding hydrogens is 400 g/mol. The predicted molar refractivity (Wildman–Crippen MR) is 112 cm³/mol. The number of nitrogens with zero attached hydrogens (tertiary/aromatic N) is 3. The fourth-order valence-electron chi connectivity index (χ4n) is 3.83. The van der Waals surface area contributed by atoms with E-state index in [1.165, 1.54) is 16.8 Å². The van der Waals surface area contributed by atoms with Crippen LogP contribution >= 0.6 is 0 Å². The summed E-state index contributed by atoms with van der Waals surface area (Å²) in [5.74, 6) is 1.77. The molecule has 1 fully saturated rings. The van der Waals surface area contributed by atoms with Crippen LogP contribution in [0, 0.1) is 0 Å². The molecular formula is C22H24N4O5. The molecule has 0 radical (unpaired) electrons. The minimum absolute atomic E-state index is 0.149. The van der Waals surface area contributed by atoms with Crippen LogP contribution in [-0.2, 0) is 17.8 Å². The van der Waals surface area contributed by atoms with Crippen LogP contribution in [0.5, 0.6) is 5.75 Å². The molecule has 31 heavy (non-hydrogen) atoms. The van der Waals surface area contributed by atoms with Gasteiger partial charge in [-0.15, -0.1) is 0 Å². The van der Waals surface area contributed by atoms with Crippen molar-refractivity contribution in [2.45, 2.75) is 38.3 Å². The van der Waals surface area contributed by atoms with E-state index in [-0.39, 0.29) is 18.5 Å². The minimum Gasteiger partial charge on any atom is -0.497 e. The van der Waals surface area contributed by atoms with Crippen molar-refractivity contribution >= 4 is 5.91 Å². The van der Waals surface area contributed by atoms with E-state index in [9.17, 15) is 14.4 Å². The molecule has 9 heteroatoms. The molecule has 1 aliphatic rings. The summed E-state index contributed by atoms with van der Waals surface area (Å²) in [7, 11) is 1.63. The van der Waals surface area contributed by atoms with E-state index in [0.717, 1.165) is 30.6 Å². The standard InChI is InChI=1S/C22H24N4O5/c1-30-16-6-4-5-15(11-16)12-17-13-23-21(31-17)18-7-2-3-9-26(18)20(28)14-25-10-8-19(27)24-22(25)29/h4-6,8,10-11,13,18H,2-3,7,9,12,14H2,1H3,(H,24,27,29)/t18-/m1/s1. The molecule has 3 aromatic rings. The second kappa shape index (κ2) is 9.03. The Labute approximate surface area is 178 Å². The second-order valence-electron chi connectivity index (χ2n) is 7.53. The van der Waals surface area contributed by atoms with E-state index in [1.807, 2.05) is 24.3 Å². The van der Waals surface area contributed by atoms with Gasteiger partial charge in [0.2, 0.25) is 11.8 Å². The maximum absolute atomic E-state index is 12.9. The monoisotopic (exact) mass is 424 g/mol. The molecule has 1 N–H and O–H groups in total. The number of ether oxygens (including phenoxy) is 1. The van der Waals surface area contributed by atoms with Gasteiger partial charge in [-0.1, -0.05) is 12.1 Å². The molecule has 1 aliphatic heterocycles. The van der Waals surface area contributed by atoms with E-state index < -0.39 is 11.2 Å². The molecule has 3 heterocycles.